The number of para-hydroxylation sites is 2. The minimum atomic E-state index is -0.315. The molecule has 1 N–H and O–H groups in total. The lowest BCUT2D eigenvalue weighted by atomic mass is 10.3. The van der Waals surface area contributed by atoms with Crippen molar-refractivity contribution < 1.29 is 13.7 Å². The van der Waals surface area contributed by atoms with Crippen LogP contribution in [0.3, 0.4) is 0 Å². The molecule has 3 rings (SSSR count). The van der Waals surface area contributed by atoms with E-state index < -0.39 is 0 Å². The summed E-state index contributed by atoms with van der Waals surface area (Å²) in [5.41, 5.74) is 1.50. The lowest BCUT2D eigenvalue weighted by molar-refractivity contribution is -0.115. The first-order chi connectivity index (χ1) is 10.7. The van der Waals surface area contributed by atoms with Gasteiger partial charge in [0.1, 0.15) is 11.3 Å². The van der Waals surface area contributed by atoms with Crippen molar-refractivity contribution in [1.29, 1.82) is 0 Å². The fourth-order valence-electron chi connectivity index (χ4n) is 1.98. The quantitative estimate of drug-likeness (QED) is 0.724. The molecule has 1 unspecified atom stereocenters. The number of amides is 1. The first kappa shape index (κ1) is 14.6. The Kier molecular flexibility index (Phi) is 4.15. The number of aromatic nitrogens is 2. The molecule has 1 atom stereocenters. The summed E-state index contributed by atoms with van der Waals surface area (Å²) in [7, 11) is 0. The summed E-state index contributed by atoms with van der Waals surface area (Å²) in [6, 6.07) is 9.19. The first-order valence-corrected chi connectivity index (χ1v) is 7.80. The molecule has 114 valence electrons. The Labute approximate surface area is 131 Å². The number of fused-ring (bicyclic) bond motifs is 1. The average molecular weight is 317 g/mol. The van der Waals surface area contributed by atoms with Crippen molar-refractivity contribution in [2.24, 2.45) is 0 Å². The van der Waals surface area contributed by atoms with Crippen LogP contribution in [0.4, 0.5) is 5.82 Å². The number of hydrogen-bond acceptors (Lipinski definition) is 6. The summed E-state index contributed by atoms with van der Waals surface area (Å²) in [5.74, 6) is 0.914. The van der Waals surface area contributed by atoms with Gasteiger partial charge in [-0.3, -0.25) is 4.79 Å². The van der Waals surface area contributed by atoms with E-state index >= 15 is 0 Å². The van der Waals surface area contributed by atoms with Crippen LogP contribution in [-0.2, 0) is 4.79 Å². The van der Waals surface area contributed by atoms with Crippen LogP contribution in [0.15, 0.2) is 44.5 Å². The topological polar surface area (TPSA) is 81.2 Å². The van der Waals surface area contributed by atoms with Gasteiger partial charge in [-0.1, -0.05) is 36.0 Å². The molecule has 0 saturated carbocycles. The predicted octanol–water partition coefficient (Wildman–Crippen LogP) is 3.63. The molecule has 0 fully saturated rings. The highest BCUT2D eigenvalue weighted by atomic mass is 32.2. The van der Waals surface area contributed by atoms with Gasteiger partial charge in [0.25, 0.3) is 5.22 Å². The van der Waals surface area contributed by atoms with Crippen molar-refractivity contribution in [1.82, 2.24) is 10.1 Å². The van der Waals surface area contributed by atoms with E-state index in [1.807, 2.05) is 31.2 Å². The summed E-state index contributed by atoms with van der Waals surface area (Å²) in [4.78, 5) is 16.7. The molecule has 0 bridgehead atoms. The smallest absolute Gasteiger partial charge is 0.257 e. The summed E-state index contributed by atoms with van der Waals surface area (Å²) >= 11 is 1.30. The van der Waals surface area contributed by atoms with Crippen LogP contribution < -0.4 is 5.32 Å². The molecule has 0 aliphatic rings. The molecular formula is C15H15N3O3S. The van der Waals surface area contributed by atoms with Gasteiger partial charge in [0.2, 0.25) is 5.91 Å². The number of anilines is 1. The van der Waals surface area contributed by atoms with Crippen LogP contribution in [-0.4, -0.2) is 21.3 Å². The third kappa shape index (κ3) is 3.14. The van der Waals surface area contributed by atoms with Gasteiger partial charge in [-0.05, 0) is 25.5 Å². The summed E-state index contributed by atoms with van der Waals surface area (Å²) in [6.45, 7) is 3.71. The average Bonchev–Trinajstić information content (AvgIpc) is 3.10. The van der Waals surface area contributed by atoms with Crippen LogP contribution in [0.2, 0.25) is 0 Å². The van der Waals surface area contributed by atoms with Crippen molar-refractivity contribution in [2.75, 3.05) is 5.32 Å². The lowest BCUT2D eigenvalue weighted by Crippen LogP contribution is -2.24. The van der Waals surface area contributed by atoms with E-state index in [2.05, 4.69) is 15.5 Å². The fourth-order valence-corrected chi connectivity index (χ4v) is 2.84. The van der Waals surface area contributed by atoms with Crippen LogP contribution in [0.25, 0.3) is 11.1 Å². The first-order valence-electron chi connectivity index (χ1n) is 6.92. The van der Waals surface area contributed by atoms with Crippen molar-refractivity contribution in [3.8, 4) is 0 Å². The number of aryl methyl sites for hydroxylation is 1. The monoisotopic (exact) mass is 317 g/mol. The molecule has 2 heterocycles. The van der Waals surface area contributed by atoms with Gasteiger partial charge in [0.15, 0.2) is 11.4 Å². The third-order valence-electron chi connectivity index (χ3n) is 3.06. The number of carbonyl (C=O) groups excluding carboxylic acids is 1. The van der Waals surface area contributed by atoms with Gasteiger partial charge in [-0.15, -0.1) is 0 Å². The van der Waals surface area contributed by atoms with Crippen LogP contribution in [0.5, 0.6) is 0 Å². The standard InChI is InChI=1S/C15H15N3O3S/c1-3-12(14(19)17-13-8-9(2)21-18-13)22-15-16-10-6-4-5-7-11(10)20-15/h4-8,12H,3H2,1-2H3,(H,17,18,19). The summed E-state index contributed by atoms with van der Waals surface area (Å²) in [6.07, 6.45) is 0.645. The molecule has 2 aromatic heterocycles. The Bertz CT molecular complexity index is 763. The maximum atomic E-state index is 12.3. The summed E-state index contributed by atoms with van der Waals surface area (Å²) < 4.78 is 10.6. The minimum Gasteiger partial charge on any atom is -0.431 e. The molecule has 0 spiro atoms. The largest absolute Gasteiger partial charge is 0.431 e. The van der Waals surface area contributed by atoms with Crippen LogP contribution in [0.1, 0.15) is 19.1 Å². The Balaban J connectivity index is 1.71. The van der Waals surface area contributed by atoms with Crippen molar-refractivity contribution in [3.63, 3.8) is 0 Å². The van der Waals surface area contributed by atoms with E-state index in [-0.39, 0.29) is 11.2 Å². The van der Waals surface area contributed by atoms with Crippen molar-refractivity contribution in [2.45, 2.75) is 30.7 Å². The van der Waals surface area contributed by atoms with E-state index in [0.717, 1.165) is 5.52 Å². The Hall–Kier alpha value is -2.28. The number of hydrogen-bond donors (Lipinski definition) is 1. The molecule has 0 aliphatic carbocycles. The second-order valence-corrected chi connectivity index (χ2v) is 5.93. The van der Waals surface area contributed by atoms with E-state index in [4.69, 9.17) is 8.94 Å². The lowest BCUT2D eigenvalue weighted by Gasteiger charge is -2.10. The number of nitrogens with zero attached hydrogens (tertiary/aromatic N) is 2. The molecule has 3 aromatic rings. The van der Waals surface area contributed by atoms with Crippen molar-refractivity contribution in [3.05, 3.63) is 36.1 Å². The normalized spacial score (nSPS) is 12.5. The number of thioether (sulfide) groups is 1. The van der Waals surface area contributed by atoms with Gasteiger partial charge in [0, 0.05) is 6.07 Å². The highest BCUT2D eigenvalue weighted by Gasteiger charge is 2.22. The third-order valence-corrected chi connectivity index (χ3v) is 4.27. The molecular weight excluding hydrogens is 302 g/mol. The maximum absolute atomic E-state index is 12.3. The number of oxazole rings is 1. The zero-order valence-electron chi connectivity index (χ0n) is 12.2. The van der Waals surface area contributed by atoms with Gasteiger partial charge < -0.3 is 14.3 Å². The number of carbonyl (C=O) groups is 1. The van der Waals surface area contributed by atoms with Gasteiger partial charge in [0.05, 0.1) is 5.25 Å². The predicted molar refractivity (Wildman–Crippen MR) is 83.8 cm³/mol. The SMILES string of the molecule is CCC(Sc1nc2ccccc2o1)C(=O)Nc1cc(C)on1. The van der Waals surface area contributed by atoms with Gasteiger partial charge in [-0.25, -0.2) is 4.98 Å². The second kappa shape index (κ2) is 6.23. The number of benzene rings is 1. The molecule has 0 saturated heterocycles. The number of rotatable bonds is 5. The van der Waals surface area contributed by atoms with Crippen LogP contribution in [0, 0.1) is 6.92 Å². The fraction of sp³-hybridized carbons (Fsp3) is 0.267. The van der Waals surface area contributed by atoms with Crippen molar-refractivity contribution >= 4 is 34.6 Å². The molecule has 7 heteroatoms. The van der Waals surface area contributed by atoms with E-state index in [0.29, 0.717) is 28.8 Å². The highest BCUT2D eigenvalue weighted by Crippen LogP contribution is 2.28. The van der Waals surface area contributed by atoms with Gasteiger partial charge in [-0.2, -0.15) is 0 Å². The van der Waals surface area contributed by atoms with E-state index in [9.17, 15) is 4.79 Å². The zero-order valence-corrected chi connectivity index (χ0v) is 13.0. The van der Waals surface area contributed by atoms with E-state index in [1.165, 1.54) is 11.8 Å². The molecule has 22 heavy (non-hydrogen) atoms. The second-order valence-electron chi connectivity index (χ2n) is 4.77. The van der Waals surface area contributed by atoms with Gasteiger partial charge >= 0.3 is 0 Å². The molecule has 6 nitrogen and oxygen atoms in total. The number of nitrogens with one attached hydrogen (secondary N) is 1. The van der Waals surface area contributed by atoms with Crippen LogP contribution >= 0.6 is 11.8 Å². The minimum absolute atomic E-state index is 0.150. The highest BCUT2D eigenvalue weighted by molar-refractivity contribution is 8.00. The Morgan fingerprint density at radius 2 is 2.23 bits per heavy atom. The Morgan fingerprint density at radius 1 is 1.41 bits per heavy atom. The molecule has 0 radical (unpaired) electrons. The Morgan fingerprint density at radius 3 is 2.91 bits per heavy atom. The maximum Gasteiger partial charge on any atom is 0.257 e. The summed E-state index contributed by atoms with van der Waals surface area (Å²) in [5, 5.41) is 6.66. The molecule has 0 aliphatic heterocycles. The van der Waals surface area contributed by atoms with E-state index in [1.54, 1.807) is 13.0 Å². The zero-order chi connectivity index (χ0) is 15.5. The molecule has 1 aromatic carbocycles. The molecule has 1 amide bonds.